The van der Waals surface area contributed by atoms with Crippen LogP contribution in [-0.4, -0.2) is 23.0 Å². The molecule has 3 nitrogen and oxygen atoms in total. The standard InChI is InChI=1S/C65H43N3Si/c1-3-24-55(25-4-1)69(56-26-5-2-6-27-56)61-31-12-11-29-59(61)60-39-38-54(43-62(60)69)65-67-63(66-64(68-65)53-23-14-21-51(42-53)58-30-15-19-47-17-9-10-28-57(47)58)52-22-13-20-49(41-52)45-32-34-46(35-33-45)50-37-36-44-16-7-8-18-48(44)40-50/h1-43H. The first-order valence-corrected chi connectivity index (χ1v) is 25.6. The summed E-state index contributed by atoms with van der Waals surface area (Å²) in [7, 11) is -2.77. The lowest BCUT2D eigenvalue weighted by molar-refractivity contribution is 1.07. The number of fused-ring (bicyclic) bond motifs is 5. The van der Waals surface area contributed by atoms with Gasteiger partial charge < -0.3 is 0 Å². The van der Waals surface area contributed by atoms with Crippen molar-refractivity contribution in [1.82, 2.24) is 15.0 Å². The van der Waals surface area contributed by atoms with E-state index in [4.69, 9.17) is 15.0 Å². The quantitative estimate of drug-likeness (QED) is 0.143. The fourth-order valence-electron chi connectivity index (χ4n) is 10.7. The normalized spacial score (nSPS) is 12.5. The Balaban J connectivity index is 0.968. The summed E-state index contributed by atoms with van der Waals surface area (Å²) < 4.78 is 0. The highest BCUT2D eigenvalue weighted by Crippen LogP contribution is 2.36. The van der Waals surface area contributed by atoms with Gasteiger partial charge in [0.15, 0.2) is 25.5 Å². The van der Waals surface area contributed by atoms with Crippen LogP contribution in [0, 0.1) is 0 Å². The third kappa shape index (κ3) is 7.00. The lowest BCUT2D eigenvalue weighted by Crippen LogP contribution is -2.72. The maximum atomic E-state index is 5.40. The zero-order chi connectivity index (χ0) is 45.7. The summed E-state index contributed by atoms with van der Waals surface area (Å²) in [5.41, 5.74) is 12.3. The fourth-order valence-corrected chi connectivity index (χ4v) is 15.9. The molecule has 0 saturated heterocycles. The van der Waals surface area contributed by atoms with E-state index in [1.807, 2.05) is 0 Å². The van der Waals surface area contributed by atoms with Crippen LogP contribution >= 0.6 is 0 Å². The average Bonchev–Trinajstić information content (AvgIpc) is 3.73. The van der Waals surface area contributed by atoms with Gasteiger partial charge in [-0.2, -0.15) is 0 Å². The summed E-state index contributed by atoms with van der Waals surface area (Å²) in [6.07, 6.45) is 0. The van der Waals surface area contributed by atoms with E-state index >= 15 is 0 Å². The Kier molecular flexibility index (Phi) is 9.85. The Morgan fingerprint density at radius 3 is 1.38 bits per heavy atom. The topological polar surface area (TPSA) is 38.7 Å². The minimum Gasteiger partial charge on any atom is -0.208 e. The second kappa shape index (κ2) is 16.8. The maximum Gasteiger partial charge on any atom is 0.180 e. The lowest BCUT2D eigenvalue weighted by atomic mass is 9.97. The molecule has 322 valence electrons. The number of rotatable bonds is 8. The van der Waals surface area contributed by atoms with Crippen molar-refractivity contribution in [1.29, 1.82) is 0 Å². The van der Waals surface area contributed by atoms with E-state index in [0.29, 0.717) is 17.5 Å². The van der Waals surface area contributed by atoms with Crippen LogP contribution in [0.5, 0.6) is 0 Å². The molecule has 0 radical (unpaired) electrons. The highest BCUT2D eigenvalue weighted by Gasteiger charge is 2.48. The Hall–Kier alpha value is -8.83. The molecular formula is C65H43N3Si. The van der Waals surface area contributed by atoms with Gasteiger partial charge in [0.05, 0.1) is 0 Å². The number of nitrogens with zero attached hydrogens (tertiary/aromatic N) is 3. The number of benzene rings is 11. The largest absolute Gasteiger partial charge is 0.208 e. The molecule has 1 aromatic heterocycles. The SMILES string of the molecule is c1ccc([Si]2(c3ccccc3)c3ccccc3-c3ccc(-c4nc(-c5cccc(-c6ccc(-c7ccc8ccccc8c7)cc6)c5)nc(-c5cccc(-c6cccc7ccccc67)c5)n4)cc32)cc1. The Labute approximate surface area is 402 Å². The van der Waals surface area contributed by atoms with Crippen molar-refractivity contribution >= 4 is 50.4 Å². The molecule has 1 aliphatic heterocycles. The molecule has 2 heterocycles. The summed E-state index contributed by atoms with van der Waals surface area (Å²) in [6, 6.07) is 94.5. The van der Waals surface area contributed by atoms with Gasteiger partial charge >= 0.3 is 0 Å². The van der Waals surface area contributed by atoms with Crippen molar-refractivity contribution in [3.63, 3.8) is 0 Å². The average molecular weight is 894 g/mol. The molecular weight excluding hydrogens is 851 g/mol. The molecule has 12 aromatic rings. The van der Waals surface area contributed by atoms with Gasteiger partial charge in [-0.3, -0.25) is 0 Å². The molecule has 11 aromatic carbocycles. The Morgan fingerprint density at radius 1 is 0.232 bits per heavy atom. The molecule has 1 aliphatic rings. The molecule has 0 unspecified atom stereocenters. The van der Waals surface area contributed by atoms with Crippen LogP contribution < -0.4 is 20.7 Å². The summed E-state index contributed by atoms with van der Waals surface area (Å²) in [4.78, 5) is 16.1. The van der Waals surface area contributed by atoms with Crippen molar-refractivity contribution < 1.29 is 0 Å². The first kappa shape index (κ1) is 40.4. The van der Waals surface area contributed by atoms with Crippen molar-refractivity contribution in [2.24, 2.45) is 0 Å². The van der Waals surface area contributed by atoms with Crippen LogP contribution in [0.25, 0.3) is 100 Å². The highest BCUT2D eigenvalue weighted by molar-refractivity contribution is 7.22. The molecule has 13 rings (SSSR count). The predicted molar refractivity (Wildman–Crippen MR) is 290 cm³/mol. The van der Waals surface area contributed by atoms with Gasteiger partial charge in [-0.25, -0.2) is 15.0 Å². The smallest absolute Gasteiger partial charge is 0.180 e. The number of aromatic nitrogens is 3. The minimum atomic E-state index is -2.77. The molecule has 69 heavy (non-hydrogen) atoms. The molecule has 0 amide bonds. The van der Waals surface area contributed by atoms with Crippen LogP contribution in [-0.2, 0) is 0 Å². The zero-order valence-corrected chi connectivity index (χ0v) is 38.7. The third-order valence-corrected chi connectivity index (χ3v) is 18.9. The van der Waals surface area contributed by atoms with Gasteiger partial charge in [0.25, 0.3) is 0 Å². The van der Waals surface area contributed by atoms with E-state index in [1.54, 1.807) is 0 Å². The summed E-state index contributed by atoms with van der Waals surface area (Å²) in [5.74, 6) is 1.89. The van der Waals surface area contributed by atoms with E-state index in [9.17, 15) is 0 Å². The Bertz CT molecular complexity index is 3860. The van der Waals surface area contributed by atoms with Gasteiger partial charge in [-0.1, -0.05) is 243 Å². The monoisotopic (exact) mass is 893 g/mol. The van der Waals surface area contributed by atoms with Crippen molar-refractivity contribution in [2.75, 3.05) is 0 Å². The fraction of sp³-hybridized carbons (Fsp3) is 0. The van der Waals surface area contributed by atoms with E-state index < -0.39 is 8.07 Å². The first-order valence-electron chi connectivity index (χ1n) is 23.6. The number of hydrogen-bond acceptors (Lipinski definition) is 3. The van der Waals surface area contributed by atoms with E-state index in [1.165, 1.54) is 70.1 Å². The molecule has 0 N–H and O–H groups in total. The second-order valence-corrected chi connectivity index (χ2v) is 21.7. The minimum absolute atomic E-state index is 0.624. The van der Waals surface area contributed by atoms with Crippen molar-refractivity contribution in [3.8, 4) is 78.7 Å². The van der Waals surface area contributed by atoms with Gasteiger partial charge in [0.1, 0.15) is 0 Å². The predicted octanol–water partition coefficient (Wildman–Crippen LogP) is 13.5. The summed E-state index contributed by atoms with van der Waals surface area (Å²) >= 11 is 0. The van der Waals surface area contributed by atoms with Crippen LogP contribution in [0.4, 0.5) is 0 Å². The summed E-state index contributed by atoms with van der Waals surface area (Å²) in [6.45, 7) is 0. The molecule has 0 saturated carbocycles. The molecule has 0 spiro atoms. The van der Waals surface area contributed by atoms with Gasteiger partial charge in [-0.05, 0) is 105 Å². The van der Waals surface area contributed by atoms with Gasteiger partial charge in [0.2, 0.25) is 0 Å². The number of hydrogen-bond donors (Lipinski definition) is 0. The van der Waals surface area contributed by atoms with Crippen LogP contribution in [0.1, 0.15) is 0 Å². The van der Waals surface area contributed by atoms with Crippen molar-refractivity contribution in [2.45, 2.75) is 0 Å². The molecule has 0 fully saturated rings. The molecule has 0 atom stereocenters. The highest BCUT2D eigenvalue weighted by atomic mass is 28.3. The van der Waals surface area contributed by atoms with Crippen LogP contribution in [0.3, 0.4) is 0 Å². The molecule has 0 bridgehead atoms. The first-order chi connectivity index (χ1) is 34.2. The van der Waals surface area contributed by atoms with Crippen LogP contribution in [0.2, 0.25) is 0 Å². The van der Waals surface area contributed by atoms with Crippen LogP contribution in [0.15, 0.2) is 261 Å². The maximum absolute atomic E-state index is 5.40. The second-order valence-electron chi connectivity index (χ2n) is 17.9. The lowest BCUT2D eigenvalue weighted by Gasteiger charge is -2.31. The van der Waals surface area contributed by atoms with Gasteiger partial charge in [-0.15, -0.1) is 0 Å². The van der Waals surface area contributed by atoms with Gasteiger partial charge in [0, 0.05) is 16.7 Å². The van der Waals surface area contributed by atoms with Crippen molar-refractivity contribution in [3.05, 3.63) is 261 Å². The molecule has 0 aliphatic carbocycles. The third-order valence-electron chi connectivity index (χ3n) is 14.0. The van der Waals surface area contributed by atoms with E-state index in [-0.39, 0.29) is 0 Å². The molecule has 4 heteroatoms. The zero-order valence-electron chi connectivity index (χ0n) is 37.7. The Morgan fingerprint density at radius 2 is 0.681 bits per heavy atom. The van der Waals surface area contributed by atoms with E-state index in [0.717, 1.165) is 33.4 Å². The summed E-state index contributed by atoms with van der Waals surface area (Å²) in [5, 5.41) is 10.3. The van der Waals surface area contributed by atoms with E-state index in [2.05, 4.69) is 261 Å².